The largest absolute Gasteiger partial charge is 0.232 e. The van der Waals surface area contributed by atoms with E-state index in [-0.39, 0.29) is 5.82 Å². The molecular formula is C15H12FN3. The van der Waals surface area contributed by atoms with Gasteiger partial charge < -0.3 is 0 Å². The molecule has 0 atom stereocenters. The summed E-state index contributed by atoms with van der Waals surface area (Å²) in [4.78, 5) is 4.40. The molecule has 0 aliphatic carbocycles. The molecule has 0 N–H and O–H groups in total. The van der Waals surface area contributed by atoms with E-state index in [1.807, 2.05) is 31.2 Å². The van der Waals surface area contributed by atoms with Gasteiger partial charge in [0.15, 0.2) is 0 Å². The van der Waals surface area contributed by atoms with Gasteiger partial charge in [0.25, 0.3) is 0 Å². The van der Waals surface area contributed by atoms with Crippen LogP contribution in [-0.2, 0) is 0 Å². The summed E-state index contributed by atoms with van der Waals surface area (Å²) in [7, 11) is 0. The van der Waals surface area contributed by atoms with Gasteiger partial charge in [-0.2, -0.15) is 5.10 Å². The fraction of sp³-hybridized carbons (Fsp3) is 0.0667. The van der Waals surface area contributed by atoms with E-state index in [1.165, 1.54) is 12.3 Å². The first-order valence-electron chi connectivity index (χ1n) is 5.98. The molecule has 0 radical (unpaired) electrons. The Hall–Kier alpha value is -2.49. The van der Waals surface area contributed by atoms with Crippen LogP contribution in [0.25, 0.3) is 11.0 Å². The van der Waals surface area contributed by atoms with Crippen LogP contribution in [0.2, 0.25) is 0 Å². The van der Waals surface area contributed by atoms with Crippen LogP contribution in [0.4, 0.5) is 4.39 Å². The molecule has 0 unspecified atom stereocenters. The number of aryl methyl sites for hydroxylation is 1. The molecule has 1 heterocycles. The highest BCUT2D eigenvalue weighted by atomic mass is 19.1. The fourth-order valence-electron chi connectivity index (χ4n) is 1.98. The maximum absolute atomic E-state index is 13.5. The van der Waals surface area contributed by atoms with Crippen LogP contribution in [0.15, 0.2) is 53.6 Å². The van der Waals surface area contributed by atoms with E-state index < -0.39 is 0 Å². The number of hydrogen-bond acceptors (Lipinski definition) is 2. The van der Waals surface area contributed by atoms with Crippen LogP contribution in [0.5, 0.6) is 0 Å². The van der Waals surface area contributed by atoms with E-state index in [0.717, 1.165) is 16.9 Å². The summed E-state index contributed by atoms with van der Waals surface area (Å²) < 4.78 is 15.2. The highest BCUT2D eigenvalue weighted by Crippen LogP contribution is 2.15. The lowest BCUT2D eigenvalue weighted by molar-refractivity contribution is 0.625. The van der Waals surface area contributed by atoms with Gasteiger partial charge >= 0.3 is 0 Å². The van der Waals surface area contributed by atoms with Crippen LogP contribution in [-0.4, -0.2) is 15.9 Å². The fourth-order valence-corrected chi connectivity index (χ4v) is 1.98. The van der Waals surface area contributed by atoms with Gasteiger partial charge in [0.05, 0.1) is 17.2 Å². The van der Waals surface area contributed by atoms with Gasteiger partial charge in [0.1, 0.15) is 11.6 Å². The zero-order valence-electron chi connectivity index (χ0n) is 10.4. The molecule has 4 heteroatoms. The average molecular weight is 253 g/mol. The quantitative estimate of drug-likeness (QED) is 0.644. The zero-order valence-corrected chi connectivity index (χ0v) is 10.4. The second-order valence-corrected chi connectivity index (χ2v) is 4.23. The third-order valence-electron chi connectivity index (χ3n) is 2.92. The summed E-state index contributed by atoms with van der Waals surface area (Å²) in [5, 5.41) is 4.31. The smallest absolute Gasteiger partial charge is 0.132 e. The molecule has 0 saturated heterocycles. The van der Waals surface area contributed by atoms with Crippen molar-refractivity contribution in [3.63, 3.8) is 0 Å². The van der Waals surface area contributed by atoms with Crippen molar-refractivity contribution in [1.29, 1.82) is 0 Å². The predicted octanol–water partition coefficient (Wildman–Crippen LogP) is 3.37. The second-order valence-electron chi connectivity index (χ2n) is 4.23. The number of benzene rings is 2. The molecule has 0 saturated carbocycles. The number of halogens is 1. The Kier molecular flexibility index (Phi) is 2.83. The van der Waals surface area contributed by atoms with Crippen LogP contribution >= 0.6 is 0 Å². The molecule has 0 bridgehead atoms. The van der Waals surface area contributed by atoms with Crippen LogP contribution in [0.3, 0.4) is 0 Å². The van der Waals surface area contributed by atoms with E-state index in [1.54, 1.807) is 22.9 Å². The summed E-state index contributed by atoms with van der Waals surface area (Å²) in [6.45, 7) is 1.87. The Balaban J connectivity index is 2.06. The molecule has 1 aromatic heterocycles. The molecular weight excluding hydrogens is 241 g/mol. The third kappa shape index (κ3) is 2.12. The van der Waals surface area contributed by atoms with E-state index in [9.17, 15) is 4.39 Å². The monoisotopic (exact) mass is 253 g/mol. The zero-order chi connectivity index (χ0) is 13.2. The van der Waals surface area contributed by atoms with E-state index in [2.05, 4.69) is 10.1 Å². The first-order chi connectivity index (χ1) is 9.25. The number of hydrogen-bond donors (Lipinski definition) is 0. The highest BCUT2D eigenvalue weighted by molar-refractivity contribution is 5.81. The van der Waals surface area contributed by atoms with Crippen molar-refractivity contribution in [1.82, 2.24) is 9.66 Å². The molecule has 3 rings (SSSR count). The minimum absolute atomic E-state index is 0.284. The van der Waals surface area contributed by atoms with Crippen molar-refractivity contribution >= 4 is 17.2 Å². The standard InChI is InChI=1S/C15H12FN3/c1-11-18-14-8-4-5-9-15(14)19(11)17-10-12-6-2-3-7-13(12)16/h2-10H,1H3. The second kappa shape index (κ2) is 4.65. The maximum Gasteiger partial charge on any atom is 0.132 e. The van der Waals surface area contributed by atoms with Crippen molar-refractivity contribution in [3.05, 3.63) is 65.7 Å². The van der Waals surface area contributed by atoms with Gasteiger partial charge in [-0.15, -0.1) is 0 Å². The van der Waals surface area contributed by atoms with Crippen molar-refractivity contribution < 1.29 is 4.39 Å². The molecule has 0 fully saturated rings. The Labute approximate surface area is 110 Å². The normalized spacial score (nSPS) is 11.5. The molecule has 2 aromatic carbocycles. The van der Waals surface area contributed by atoms with Gasteiger partial charge in [-0.3, -0.25) is 0 Å². The minimum atomic E-state index is -0.284. The number of fused-ring (bicyclic) bond motifs is 1. The third-order valence-corrected chi connectivity index (χ3v) is 2.92. The van der Waals surface area contributed by atoms with Crippen molar-refractivity contribution in [2.75, 3.05) is 0 Å². The molecule has 0 aliphatic heterocycles. The van der Waals surface area contributed by atoms with Gasteiger partial charge in [-0.05, 0) is 25.1 Å². The lowest BCUT2D eigenvalue weighted by Crippen LogP contribution is -1.95. The van der Waals surface area contributed by atoms with Crippen LogP contribution < -0.4 is 0 Å². The summed E-state index contributed by atoms with van der Waals surface area (Å²) in [5.41, 5.74) is 2.25. The summed E-state index contributed by atoms with van der Waals surface area (Å²) in [6, 6.07) is 14.3. The first kappa shape index (κ1) is 11.6. The van der Waals surface area contributed by atoms with Crippen molar-refractivity contribution in [2.24, 2.45) is 5.10 Å². The lowest BCUT2D eigenvalue weighted by atomic mass is 10.2. The topological polar surface area (TPSA) is 30.2 Å². The molecule has 3 aromatic rings. The Bertz CT molecular complexity index is 759. The summed E-state index contributed by atoms with van der Waals surface area (Å²) >= 11 is 0. The van der Waals surface area contributed by atoms with Crippen molar-refractivity contribution in [2.45, 2.75) is 6.92 Å². The van der Waals surface area contributed by atoms with Gasteiger partial charge in [0.2, 0.25) is 0 Å². The molecule has 0 aliphatic rings. The highest BCUT2D eigenvalue weighted by Gasteiger charge is 2.05. The number of para-hydroxylation sites is 2. The van der Waals surface area contributed by atoms with Gasteiger partial charge in [0, 0.05) is 5.56 Å². The Morgan fingerprint density at radius 3 is 2.68 bits per heavy atom. The SMILES string of the molecule is Cc1nc2ccccc2n1N=Cc1ccccc1F. The summed E-state index contributed by atoms with van der Waals surface area (Å²) in [5.74, 6) is 0.488. The van der Waals surface area contributed by atoms with Crippen molar-refractivity contribution in [3.8, 4) is 0 Å². The predicted molar refractivity (Wildman–Crippen MR) is 73.9 cm³/mol. The van der Waals surface area contributed by atoms with E-state index in [0.29, 0.717) is 5.56 Å². The van der Waals surface area contributed by atoms with Gasteiger partial charge in [-0.1, -0.05) is 30.3 Å². The van der Waals surface area contributed by atoms with E-state index >= 15 is 0 Å². The first-order valence-corrected chi connectivity index (χ1v) is 5.98. The van der Waals surface area contributed by atoms with Gasteiger partial charge in [-0.25, -0.2) is 14.1 Å². The molecule has 3 nitrogen and oxygen atoms in total. The Morgan fingerprint density at radius 1 is 1.11 bits per heavy atom. The number of nitrogens with zero attached hydrogens (tertiary/aromatic N) is 3. The molecule has 94 valence electrons. The maximum atomic E-state index is 13.5. The molecule has 19 heavy (non-hydrogen) atoms. The number of imidazole rings is 1. The van der Waals surface area contributed by atoms with Crippen LogP contribution in [0.1, 0.15) is 11.4 Å². The van der Waals surface area contributed by atoms with Crippen LogP contribution in [0, 0.1) is 12.7 Å². The summed E-state index contributed by atoms with van der Waals surface area (Å²) in [6.07, 6.45) is 1.51. The number of aromatic nitrogens is 2. The van der Waals surface area contributed by atoms with E-state index in [4.69, 9.17) is 0 Å². The molecule has 0 amide bonds. The molecule has 0 spiro atoms. The average Bonchev–Trinajstić information content (AvgIpc) is 2.74. The minimum Gasteiger partial charge on any atom is -0.232 e. The lowest BCUT2D eigenvalue weighted by Gasteiger charge is -1.99. The Morgan fingerprint density at radius 2 is 1.84 bits per heavy atom. The number of rotatable bonds is 2.